The lowest BCUT2D eigenvalue weighted by Crippen LogP contribution is -2.01. The van der Waals surface area contributed by atoms with E-state index in [-0.39, 0.29) is 0 Å². The molecule has 1 fully saturated rings. The second-order valence-corrected chi connectivity index (χ2v) is 2.78. The van der Waals surface area contributed by atoms with Crippen molar-refractivity contribution in [2.45, 2.75) is 19.8 Å². The van der Waals surface area contributed by atoms with Crippen molar-refractivity contribution in [3.8, 4) is 0 Å². The second-order valence-electron chi connectivity index (χ2n) is 2.78. The molecule has 2 heteroatoms. The predicted molar refractivity (Wildman–Crippen MR) is 44.0 cm³/mol. The van der Waals surface area contributed by atoms with Gasteiger partial charge in [-0.1, -0.05) is 0 Å². The van der Waals surface area contributed by atoms with E-state index in [0.717, 1.165) is 11.4 Å². The Balaban J connectivity index is 2.51. The van der Waals surface area contributed by atoms with Crippen molar-refractivity contribution in [1.29, 1.82) is 0 Å². The fourth-order valence-electron chi connectivity index (χ4n) is 0.840. The highest BCUT2D eigenvalue weighted by Gasteiger charge is 2.23. The minimum absolute atomic E-state index is 0.664. The van der Waals surface area contributed by atoms with Crippen LogP contribution in [0.2, 0.25) is 0 Å². The van der Waals surface area contributed by atoms with E-state index in [1.54, 1.807) is 7.05 Å². The van der Waals surface area contributed by atoms with Crippen molar-refractivity contribution in [2.75, 3.05) is 7.05 Å². The Morgan fingerprint density at radius 2 is 2.20 bits per heavy atom. The molecule has 0 saturated heterocycles. The van der Waals surface area contributed by atoms with Crippen LogP contribution in [0.25, 0.3) is 0 Å². The largest absolute Gasteiger partial charge is 0.402 e. The number of hydrogen-bond donors (Lipinski definition) is 1. The van der Waals surface area contributed by atoms with Crippen molar-refractivity contribution in [3.63, 3.8) is 0 Å². The summed E-state index contributed by atoms with van der Waals surface area (Å²) < 4.78 is 0. The molecular formula is C8H14N2. The molecule has 0 aromatic heterocycles. The average Bonchev–Trinajstić information content (AvgIpc) is 2.68. The molecule has 1 aliphatic carbocycles. The van der Waals surface area contributed by atoms with Gasteiger partial charge in [0.15, 0.2) is 0 Å². The molecule has 10 heavy (non-hydrogen) atoms. The summed E-state index contributed by atoms with van der Waals surface area (Å²) >= 11 is 0. The SMILES string of the molecule is CN=C(C)C=C(N)C1CC1. The van der Waals surface area contributed by atoms with E-state index < -0.39 is 0 Å². The summed E-state index contributed by atoms with van der Waals surface area (Å²) in [4.78, 5) is 4.00. The molecule has 56 valence electrons. The molecule has 2 N–H and O–H groups in total. The molecule has 0 amide bonds. The van der Waals surface area contributed by atoms with Gasteiger partial charge < -0.3 is 5.73 Å². The van der Waals surface area contributed by atoms with Crippen LogP contribution in [0.5, 0.6) is 0 Å². The summed E-state index contributed by atoms with van der Waals surface area (Å²) in [6, 6.07) is 0. The van der Waals surface area contributed by atoms with Gasteiger partial charge in [0.1, 0.15) is 0 Å². The molecular weight excluding hydrogens is 124 g/mol. The first-order valence-corrected chi connectivity index (χ1v) is 3.64. The smallest absolute Gasteiger partial charge is 0.0331 e. The van der Waals surface area contributed by atoms with Gasteiger partial charge in [-0.2, -0.15) is 0 Å². The fraction of sp³-hybridized carbons (Fsp3) is 0.625. The third kappa shape index (κ3) is 1.87. The fourth-order valence-corrected chi connectivity index (χ4v) is 0.840. The lowest BCUT2D eigenvalue weighted by Gasteiger charge is -1.95. The predicted octanol–water partition coefficient (Wildman–Crippen LogP) is 1.33. The molecule has 1 saturated carbocycles. The maximum Gasteiger partial charge on any atom is 0.0331 e. The van der Waals surface area contributed by atoms with Gasteiger partial charge >= 0.3 is 0 Å². The van der Waals surface area contributed by atoms with Crippen LogP contribution in [0, 0.1) is 5.92 Å². The first kappa shape index (κ1) is 7.32. The molecule has 0 aliphatic heterocycles. The Bertz CT molecular complexity index is 176. The lowest BCUT2D eigenvalue weighted by atomic mass is 10.2. The van der Waals surface area contributed by atoms with E-state index in [1.807, 2.05) is 13.0 Å². The minimum Gasteiger partial charge on any atom is -0.402 e. The summed E-state index contributed by atoms with van der Waals surface area (Å²) in [5.41, 5.74) is 7.76. The maximum atomic E-state index is 5.74. The topological polar surface area (TPSA) is 38.4 Å². The van der Waals surface area contributed by atoms with E-state index in [4.69, 9.17) is 5.73 Å². The van der Waals surface area contributed by atoms with Gasteiger partial charge in [0.25, 0.3) is 0 Å². The van der Waals surface area contributed by atoms with E-state index >= 15 is 0 Å². The highest BCUT2D eigenvalue weighted by atomic mass is 14.7. The van der Waals surface area contributed by atoms with Crippen molar-refractivity contribution in [1.82, 2.24) is 0 Å². The monoisotopic (exact) mass is 138 g/mol. The number of allylic oxidation sites excluding steroid dienone is 2. The van der Waals surface area contributed by atoms with Crippen LogP contribution in [0.15, 0.2) is 16.8 Å². The number of rotatable bonds is 2. The molecule has 2 nitrogen and oxygen atoms in total. The zero-order valence-electron chi connectivity index (χ0n) is 6.59. The Kier molecular flexibility index (Phi) is 2.10. The van der Waals surface area contributed by atoms with Crippen molar-refractivity contribution < 1.29 is 0 Å². The highest BCUT2D eigenvalue weighted by molar-refractivity contribution is 5.93. The maximum absolute atomic E-state index is 5.74. The summed E-state index contributed by atoms with van der Waals surface area (Å²) in [6.45, 7) is 1.97. The van der Waals surface area contributed by atoms with Gasteiger partial charge in [-0.15, -0.1) is 0 Å². The molecule has 1 aliphatic rings. The normalized spacial score (nSPS) is 21.4. The van der Waals surface area contributed by atoms with Crippen molar-refractivity contribution in [2.24, 2.45) is 16.6 Å². The molecule has 0 unspecified atom stereocenters. The van der Waals surface area contributed by atoms with E-state index in [2.05, 4.69) is 4.99 Å². The van der Waals surface area contributed by atoms with Gasteiger partial charge in [0, 0.05) is 18.5 Å². The lowest BCUT2D eigenvalue weighted by molar-refractivity contribution is 0.983. The van der Waals surface area contributed by atoms with E-state index in [0.29, 0.717) is 5.92 Å². The van der Waals surface area contributed by atoms with Crippen molar-refractivity contribution in [3.05, 3.63) is 11.8 Å². The standard InChI is InChI=1S/C8H14N2/c1-6(10-2)5-8(9)7-3-4-7/h5,7H,3-4,9H2,1-2H3. The number of nitrogens with two attached hydrogens (primary N) is 1. The van der Waals surface area contributed by atoms with Gasteiger partial charge in [-0.25, -0.2) is 0 Å². The Morgan fingerprint density at radius 3 is 2.60 bits per heavy atom. The molecule has 0 atom stereocenters. The Labute approximate surface area is 61.8 Å². The Morgan fingerprint density at radius 1 is 1.60 bits per heavy atom. The van der Waals surface area contributed by atoms with E-state index in [9.17, 15) is 0 Å². The molecule has 0 aromatic carbocycles. The van der Waals surface area contributed by atoms with Crippen LogP contribution in [-0.4, -0.2) is 12.8 Å². The summed E-state index contributed by atoms with van der Waals surface area (Å²) in [5.74, 6) is 0.664. The summed E-state index contributed by atoms with van der Waals surface area (Å²) in [5, 5.41) is 0. The molecule has 0 radical (unpaired) electrons. The first-order valence-electron chi connectivity index (χ1n) is 3.64. The zero-order valence-corrected chi connectivity index (χ0v) is 6.59. The zero-order chi connectivity index (χ0) is 7.56. The van der Waals surface area contributed by atoms with Crippen LogP contribution in [0.1, 0.15) is 19.8 Å². The van der Waals surface area contributed by atoms with Crippen LogP contribution >= 0.6 is 0 Å². The minimum atomic E-state index is 0.664. The molecule has 0 heterocycles. The number of hydrogen-bond acceptors (Lipinski definition) is 2. The molecule has 0 spiro atoms. The highest BCUT2D eigenvalue weighted by Crippen LogP contribution is 2.33. The first-order chi connectivity index (χ1) is 4.74. The number of aliphatic imine (C=N–C) groups is 1. The van der Waals surface area contributed by atoms with Crippen LogP contribution in [0.3, 0.4) is 0 Å². The average molecular weight is 138 g/mol. The van der Waals surface area contributed by atoms with Crippen LogP contribution in [0.4, 0.5) is 0 Å². The van der Waals surface area contributed by atoms with Crippen LogP contribution in [-0.2, 0) is 0 Å². The molecule has 0 aromatic rings. The quantitative estimate of drug-likeness (QED) is 0.574. The van der Waals surface area contributed by atoms with Gasteiger partial charge in [0.2, 0.25) is 0 Å². The van der Waals surface area contributed by atoms with E-state index in [1.165, 1.54) is 12.8 Å². The third-order valence-corrected chi connectivity index (χ3v) is 1.78. The molecule has 1 rings (SSSR count). The number of nitrogens with zero attached hydrogens (tertiary/aromatic N) is 1. The van der Waals surface area contributed by atoms with Crippen molar-refractivity contribution >= 4 is 5.71 Å². The second kappa shape index (κ2) is 2.86. The third-order valence-electron chi connectivity index (χ3n) is 1.78. The summed E-state index contributed by atoms with van der Waals surface area (Å²) in [6.07, 6.45) is 4.50. The van der Waals surface area contributed by atoms with Gasteiger partial charge in [-0.05, 0) is 31.8 Å². The van der Waals surface area contributed by atoms with Crippen LogP contribution < -0.4 is 5.73 Å². The summed E-state index contributed by atoms with van der Waals surface area (Å²) in [7, 11) is 1.78. The van der Waals surface area contributed by atoms with Gasteiger partial charge in [-0.3, -0.25) is 4.99 Å². The Hall–Kier alpha value is -0.790. The van der Waals surface area contributed by atoms with Gasteiger partial charge in [0.05, 0.1) is 0 Å². The molecule has 0 bridgehead atoms.